The van der Waals surface area contributed by atoms with Gasteiger partial charge in [-0.05, 0) is 62.4 Å². The zero-order valence-electron chi connectivity index (χ0n) is 12.8. The van der Waals surface area contributed by atoms with Gasteiger partial charge < -0.3 is 9.64 Å². The molecule has 0 aromatic heterocycles. The van der Waals surface area contributed by atoms with Crippen LogP contribution in [-0.4, -0.2) is 26.0 Å². The average molecular weight is 283 g/mol. The van der Waals surface area contributed by atoms with Gasteiger partial charge in [0.1, 0.15) is 5.75 Å². The van der Waals surface area contributed by atoms with Gasteiger partial charge >= 0.3 is 0 Å². The van der Waals surface area contributed by atoms with Gasteiger partial charge in [0.2, 0.25) is 0 Å². The molecule has 0 atom stereocenters. The second kappa shape index (κ2) is 6.93. The third-order valence-electron chi connectivity index (χ3n) is 3.61. The third kappa shape index (κ3) is 3.43. The summed E-state index contributed by atoms with van der Waals surface area (Å²) in [5.41, 5.74) is 2.52. The van der Waals surface area contributed by atoms with Gasteiger partial charge in [-0.3, -0.25) is 4.79 Å². The SMILES string of the molecule is CCN(CC)c1ccc(C(=O)c2ccc(OC)cc2)cc1. The molecule has 0 aliphatic rings. The molecule has 0 saturated heterocycles. The lowest BCUT2D eigenvalue weighted by molar-refractivity contribution is 0.103. The van der Waals surface area contributed by atoms with E-state index in [-0.39, 0.29) is 5.78 Å². The van der Waals surface area contributed by atoms with E-state index < -0.39 is 0 Å². The average Bonchev–Trinajstić information content (AvgIpc) is 2.56. The fourth-order valence-electron chi connectivity index (χ4n) is 2.32. The first kappa shape index (κ1) is 15.1. The lowest BCUT2D eigenvalue weighted by atomic mass is 10.0. The van der Waals surface area contributed by atoms with E-state index in [0.29, 0.717) is 11.1 Å². The normalized spacial score (nSPS) is 10.2. The van der Waals surface area contributed by atoms with Crippen molar-refractivity contribution in [2.75, 3.05) is 25.1 Å². The molecular formula is C18H21NO2. The van der Waals surface area contributed by atoms with Crippen molar-refractivity contribution in [2.45, 2.75) is 13.8 Å². The van der Waals surface area contributed by atoms with Crippen molar-refractivity contribution in [1.82, 2.24) is 0 Å². The molecule has 0 unspecified atom stereocenters. The van der Waals surface area contributed by atoms with E-state index in [4.69, 9.17) is 4.74 Å². The van der Waals surface area contributed by atoms with Gasteiger partial charge in [-0.1, -0.05) is 0 Å². The number of benzene rings is 2. The van der Waals surface area contributed by atoms with Crippen molar-refractivity contribution in [3.8, 4) is 5.75 Å². The summed E-state index contributed by atoms with van der Waals surface area (Å²) in [5, 5.41) is 0. The van der Waals surface area contributed by atoms with Gasteiger partial charge in [-0.25, -0.2) is 0 Å². The second-order valence-corrected chi connectivity index (χ2v) is 4.78. The van der Waals surface area contributed by atoms with Crippen molar-refractivity contribution in [1.29, 1.82) is 0 Å². The summed E-state index contributed by atoms with van der Waals surface area (Å²) >= 11 is 0. The number of methoxy groups -OCH3 is 1. The number of ether oxygens (including phenoxy) is 1. The Bertz CT molecular complexity index is 584. The monoisotopic (exact) mass is 283 g/mol. The summed E-state index contributed by atoms with van der Waals surface area (Å²) < 4.78 is 5.10. The van der Waals surface area contributed by atoms with Crippen LogP contribution >= 0.6 is 0 Å². The first-order chi connectivity index (χ1) is 10.2. The highest BCUT2D eigenvalue weighted by molar-refractivity contribution is 6.09. The molecule has 21 heavy (non-hydrogen) atoms. The fraction of sp³-hybridized carbons (Fsp3) is 0.278. The molecule has 2 aromatic carbocycles. The highest BCUT2D eigenvalue weighted by Crippen LogP contribution is 2.18. The Kier molecular flexibility index (Phi) is 4.99. The maximum atomic E-state index is 12.4. The third-order valence-corrected chi connectivity index (χ3v) is 3.61. The Balaban J connectivity index is 2.19. The first-order valence-electron chi connectivity index (χ1n) is 7.23. The van der Waals surface area contributed by atoms with Crippen LogP contribution < -0.4 is 9.64 Å². The number of hydrogen-bond donors (Lipinski definition) is 0. The lowest BCUT2D eigenvalue weighted by Gasteiger charge is -2.21. The highest BCUT2D eigenvalue weighted by Gasteiger charge is 2.10. The maximum absolute atomic E-state index is 12.4. The van der Waals surface area contributed by atoms with Crippen LogP contribution in [0.4, 0.5) is 5.69 Å². The van der Waals surface area contributed by atoms with E-state index in [1.165, 1.54) is 0 Å². The largest absolute Gasteiger partial charge is 0.497 e. The molecule has 0 amide bonds. The zero-order valence-corrected chi connectivity index (χ0v) is 12.8. The standard InChI is InChI=1S/C18H21NO2/c1-4-19(5-2)16-10-6-14(7-11-16)18(20)15-8-12-17(21-3)13-9-15/h6-13H,4-5H2,1-3H3. The van der Waals surface area contributed by atoms with Crippen LogP contribution in [0.2, 0.25) is 0 Å². The molecule has 0 aliphatic heterocycles. The molecule has 0 spiro atoms. The highest BCUT2D eigenvalue weighted by atomic mass is 16.5. The Morgan fingerprint density at radius 2 is 1.38 bits per heavy atom. The summed E-state index contributed by atoms with van der Waals surface area (Å²) in [4.78, 5) is 14.7. The molecule has 0 radical (unpaired) electrons. The van der Waals surface area contributed by atoms with E-state index in [0.717, 1.165) is 24.5 Å². The number of carbonyl (C=O) groups excluding carboxylic acids is 1. The van der Waals surface area contributed by atoms with Gasteiger partial charge in [0.25, 0.3) is 0 Å². The smallest absolute Gasteiger partial charge is 0.193 e. The predicted molar refractivity (Wildman–Crippen MR) is 86.4 cm³/mol. The van der Waals surface area contributed by atoms with Crippen molar-refractivity contribution in [2.24, 2.45) is 0 Å². The quantitative estimate of drug-likeness (QED) is 0.756. The summed E-state index contributed by atoms with van der Waals surface area (Å²) in [7, 11) is 1.61. The number of hydrogen-bond acceptors (Lipinski definition) is 3. The number of ketones is 1. The number of carbonyl (C=O) groups is 1. The molecule has 3 nitrogen and oxygen atoms in total. The fourth-order valence-corrected chi connectivity index (χ4v) is 2.32. The van der Waals surface area contributed by atoms with Crippen LogP contribution in [0.15, 0.2) is 48.5 Å². The number of rotatable bonds is 6. The molecule has 0 aliphatic carbocycles. The molecule has 2 rings (SSSR count). The molecule has 0 N–H and O–H groups in total. The first-order valence-corrected chi connectivity index (χ1v) is 7.23. The predicted octanol–water partition coefficient (Wildman–Crippen LogP) is 3.77. The molecule has 0 heterocycles. The van der Waals surface area contributed by atoms with Gasteiger partial charge in [0.05, 0.1) is 7.11 Å². The maximum Gasteiger partial charge on any atom is 0.193 e. The van der Waals surface area contributed by atoms with Crippen molar-refractivity contribution in [3.05, 3.63) is 59.7 Å². The summed E-state index contributed by atoms with van der Waals surface area (Å²) in [6, 6.07) is 15.0. The molecule has 0 fully saturated rings. The van der Waals surface area contributed by atoms with Crippen LogP contribution in [0.5, 0.6) is 5.75 Å². The van der Waals surface area contributed by atoms with Crippen LogP contribution in [0.3, 0.4) is 0 Å². The lowest BCUT2D eigenvalue weighted by Crippen LogP contribution is -2.21. The second-order valence-electron chi connectivity index (χ2n) is 4.78. The van der Waals surface area contributed by atoms with Gasteiger partial charge in [0, 0.05) is 29.9 Å². The molecule has 110 valence electrons. The number of nitrogens with zero attached hydrogens (tertiary/aromatic N) is 1. The summed E-state index contributed by atoms with van der Waals surface area (Å²) in [6.45, 7) is 6.17. The Morgan fingerprint density at radius 1 is 0.905 bits per heavy atom. The Hall–Kier alpha value is -2.29. The Labute approximate surface area is 126 Å². The van der Waals surface area contributed by atoms with Crippen LogP contribution in [0, 0.1) is 0 Å². The summed E-state index contributed by atoms with van der Waals surface area (Å²) in [6.07, 6.45) is 0. The van der Waals surface area contributed by atoms with Gasteiger partial charge in [-0.2, -0.15) is 0 Å². The zero-order chi connectivity index (χ0) is 15.2. The molecule has 3 heteroatoms. The van der Waals surface area contributed by atoms with Crippen LogP contribution in [0.1, 0.15) is 29.8 Å². The van der Waals surface area contributed by atoms with Crippen molar-refractivity contribution in [3.63, 3.8) is 0 Å². The number of anilines is 1. The van der Waals surface area contributed by atoms with Crippen LogP contribution in [0.25, 0.3) is 0 Å². The minimum absolute atomic E-state index is 0.0313. The van der Waals surface area contributed by atoms with E-state index in [1.54, 1.807) is 31.4 Å². The van der Waals surface area contributed by atoms with E-state index >= 15 is 0 Å². The topological polar surface area (TPSA) is 29.5 Å². The minimum Gasteiger partial charge on any atom is -0.497 e. The minimum atomic E-state index is 0.0313. The molecule has 2 aromatic rings. The van der Waals surface area contributed by atoms with E-state index in [9.17, 15) is 4.79 Å². The Morgan fingerprint density at radius 3 is 1.81 bits per heavy atom. The molecule has 0 bridgehead atoms. The molecular weight excluding hydrogens is 262 g/mol. The van der Waals surface area contributed by atoms with E-state index in [1.807, 2.05) is 24.3 Å². The summed E-state index contributed by atoms with van der Waals surface area (Å²) in [5.74, 6) is 0.784. The van der Waals surface area contributed by atoms with Gasteiger partial charge in [-0.15, -0.1) is 0 Å². The van der Waals surface area contributed by atoms with Crippen molar-refractivity contribution < 1.29 is 9.53 Å². The van der Waals surface area contributed by atoms with Crippen molar-refractivity contribution >= 4 is 11.5 Å². The van der Waals surface area contributed by atoms with Crippen LogP contribution in [-0.2, 0) is 0 Å². The van der Waals surface area contributed by atoms with Gasteiger partial charge in [0.15, 0.2) is 5.78 Å². The molecule has 0 saturated carbocycles. The van der Waals surface area contributed by atoms with E-state index in [2.05, 4.69) is 18.7 Å².